The van der Waals surface area contributed by atoms with E-state index in [4.69, 9.17) is 5.10 Å². The lowest BCUT2D eigenvalue weighted by atomic mass is 9.99. The predicted molar refractivity (Wildman–Crippen MR) is 127 cm³/mol. The maximum atomic E-state index is 11.4. The van der Waals surface area contributed by atoms with Gasteiger partial charge in [-0.25, -0.2) is 14.8 Å². The Hall–Kier alpha value is -3.10. The maximum absolute atomic E-state index is 11.4. The van der Waals surface area contributed by atoms with Crippen LogP contribution in [-0.2, 0) is 6.42 Å². The highest BCUT2D eigenvalue weighted by atomic mass is 32.1. The van der Waals surface area contributed by atoms with E-state index in [0.717, 1.165) is 62.9 Å². The number of carboxylic acid groups (broad SMARTS) is 1. The van der Waals surface area contributed by atoms with Gasteiger partial charge in [0.25, 0.3) is 0 Å². The van der Waals surface area contributed by atoms with Crippen LogP contribution in [0.5, 0.6) is 0 Å². The number of hydrogen-bond donors (Lipinski definition) is 2. The largest absolute Gasteiger partial charge is 0.476 e. The topological polar surface area (TPSA) is 87.5 Å². The van der Waals surface area contributed by atoms with Crippen molar-refractivity contribution in [2.24, 2.45) is 5.10 Å². The van der Waals surface area contributed by atoms with Crippen molar-refractivity contribution < 1.29 is 9.90 Å². The highest BCUT2D eigenvalue weighted by Gasteiger charge is 2.19. The van der Waals surface area contributed by atoms with Crippen LogP contribution in [0.3, 0.4) is 0 Å². The molecule has 1 aliphatic rings. The van der Waals surface area contributed by atoms with Crippen LogP contribution in [0.1, 0.15) is 45.8 Å². The minimum absolute atomic E-state index is 0.126. The van der Waals surface area contributed by atoms with Crippen LogP contribution in [0.15, 0.2) is 47.6 Å². The molecule has 0 unspecified atom stereocenters. The third kappa shape index (κ3) is 3.96. The van der Waals surface area contributed by atoms with Gasteiger partial charge < -0.3 is 5.11 Å². The van der Waals surface area contributed by atoms with E-state index in [-0.39, 0.29) is 5.69 Å². The van der Waals surface area contributed by atoms with Gasteiger partial charge in [-0.3, -0.25) is 5.43 Å². The van der Waals surface area contributed by atoms with Crippen LogP contribution in [0.2, 0.25) is 0 Å². The summed E-state index contributed by atoms with van der Waals surface area (Å²) in [6, 6.07) is 14.3. The minimum Gasteiger partial charge on any atom is -0.476 e. The van der Waals surface area contributed by atoms with E-state index in [2.05, 4.69) is 33.6 Å². The lowest BCUT2D eigenvalue weighted by Gasteiger charge is -2.10. The number of benzene rings is 2. The first-order valence-electron chi connectivity index (χ1n) is 10.1. The summed E-state index contributed by atoms with van der Waals surface area (Å²) < 4.78 is 1.13. The number of nitrogens with one attached hydrogen (secondary N) is 1. The van der Waals surface area contributed by atoms with Gasteiger partial charge in [-0.1, -0.05) is 35.6 Å². The standard InChI is InChI=1S/C23H20N4O2S2/c1-13-20(22(28)29)25-21(30-13)15-11-10-14-6-2-3-7-17(16(14)12-15)26-27-23-24-18-8-4-5-9-19(18)31-23/h4-5,8-12H,2-3,6-7H2,1H3,(H,24,27)(H,28,29)/b26-17+. The normalized spacial score (nSPS) is 15.1. The number of aromatic nitrogens is 2. The quantitative estimate of drug-likeness (QED) is 0.297. The fraction of sp³-hybridized carbons (Fsp3) is 0.217. The van der Waals surface area contributed by atoms with Gasteiger partial charge in [0.15, 0.2) is 5.69 Å². The molecule has 8 heteroatoms. The van der Waals surface area contributed by atoms with Crippen LogP contribution < -0.4 is 5.43 Å². The van der Waals surface area contributed by atoms with Gasteiger partial charge in [0.1, 0.15) is 5.01 Å². The van der Waals surface area contributed by atoms with Crippen molar-refractivity contribution in [1.29, 1.82) is 0 Å². The third-order valence-corrected chi connectivity index (χ3v) is 7.32. The van der Waals surface area contributed by atoms with Gasteiger partial charge in [-0.2, -0.15) is 5.10 Å². The van der Waals surface area contributed by atoms with Crippen LogP contribution in [-0.4, -0.2) is 26.8 Å². The van der Waals surface area contributed by atoms with E-state index < -0.39 is 5.97 Å². The zero-order valence-electron chi connectivity index (χ0n) is 16.9. The summed E-state index contributed by atoms with van der Waals surface area (Å²) in [5.41, 5.74) is 8.55. The summed E-state index contributed by atoms with van der Waals surface area (Å²) >= 11 is 3.00. The average molecular weight is 449 g/mol. The van der Waals surface area contributed by atoms with Gasteiger partial charge in [0.2, 0.25) is 5.13 Å². The Morgan fingerprint density at radius 2 is 1.94 bits per heavy atom. The SMILES string of the molecule is Cc1sc(-c2ccc3c(c2)/C(=N/Nc2nc4ccccc4s2)CCCC3)nc1C(=O)O. The van der Waals surface area contributed by atoms with E-state index in [0.29, 0.717) is 4.88 Å². The summed E-state index contributed by atoms with van der Waals surface area (Å²) in [5, 5.41) is 15.6. The molecule has 0 amide bonds. The average Bonchev–Trinajstić information content (AvgIpc) is 3.30. The zero-order valence-corrected chi connectivity index (χ0v) is 18.5. The second-order valence-electron chi connectivity index (χ2n) is 7.47. The summed E-state index contributed by atoms with van der Waals surface area (Å²) in [7, 11) is 0. The smallest absolute Gasteiger partial charge is 0.355 e. The molecule has 0 bridgehead atoms. The van der Waals surface area contributed by atoms with Gasteiger partial charge >= 0.3 is 5.97 Å². The molecule has 0 aliphatic heterocycles. The molecule has 156 valence electrons. The first kappa shape index (κ1) is 19.8. The molecule has 0 saturated carbocycles. The zero-order chi connectivity index (χ0) is 21.4. The van der Waals surface area contributed by atoms with Crippen LogP contribution in [0.25, 0.3) is 20.8 Å². The highest BCUT2D eigenvalue weighted by Crippen LogP contribution is 2.32. The number of aromatic carboxylic acids is 1. The van der Waals surface area contributed by atoms with Gasteiger partial charge in [0, 0.05) is 16.0 Å². The second kappa shape index (κ2) is 8.20. The Bertz CT molecular complexity index is 1290. The van der Waals surface area contributed by atoms with Crippen molar-refractivity contribution in [1.82, 2.24) is 9.97 Å². The van der Waals surface area contributed by atoms with E-state index >= 15 is 0 Å². The molecule has 0 spiro atoms. The number of para-hydroxylation sites is 1. The summed E-state index contributed by atoms with van der Waals surface area (Å²) in [4.78, 5) is 21.1. The fourth-order valence-corrected chi connectivity index (χ4v) is 5.52. The number of aryl methyl sites for hydroxylation is 2. The van der Waals surface area contributed by atoms with Crippen molar-refractivity contribution in [2.75, 3.05) is 5.43 Å². The molecule has 0 saturated heterocycles. The second-order valence-corrected chi connectivity index (χ2v) is 9.70. The number of nitrogens with zero attached hydrogens (tertiary/aromatic N) is 3. The Morgan fingerprint density at radius 1 is 1.10 bits per heavy atom. The lowest BCUT2D eigenvalue weighted by Crippen LogP contribution is -2.06. The van der Waals surface area contributed by atoms with Crippen molar-refractivity contribution in [3.8, 4) is 10.6 Å². The van der Waals surface area contributed by atoms with Gasteiger partial charge in [0.05, 0.1) is 15.9 Å². The molecular formula is C23H20N4O2S2. The van der Waals surface area contributed by atoms with E-state index in [9.17, 15) is 9.90 Å². The summed E-state index contributed by atoms with van der Waals surface area (Å²) in [5.74, 6) is -0.989. The molecule has 6 nitrogen and oxygen atoms in total. The molecule has 2 aromatic heterocycles. The Morgan fingerprint density at radius 3 is 2.74 bits per heavy atom. The number of carboxylic acids is 1. The lowest BCUT2D eigenvalue weighted by molar-refractivity contribution is 0.0690. The van der Waals surface area contributed by atoms with E-state index in [1.54, 1.807) is 18.3 Å². The van der Waals surface area contributed by atoms with Gasteiger partial charge in [-0.05, 0) is 56.4 Å². The molecule has 0 radical (unpaired) electrons. The Labute approximate surface area is 187 Å². The van der Waals surface area contributed by atoms with E-state index in [1.807, 2.05) is 24.3 Å². The van der Waals surface area contributed by atoms with Crippen LogP contribution in [0.4, 0.5) is 5.13 Å². The number of thiazole rings is 2. The van der Waals surface area contributed by atoms with Gasteiger partial charge in [-0.15, -0.1) is 11.3 Å². The fourth-order valence-electron chi connectivity index (χ4n) is 3.81. The molecule has 0 fully saturated rings. The number of hydrogen-bond acceptors (Lipinski definition) is 7. The molecule has 0 atom stereocenters. The van der Waals surface area contributed by atoms with Crippen molar-refractivity contribution in [2.45, 2.75) is 32.6 Å². The van der Waals surface area contributed by atoms with Crippen molar-refractivity contribution in [3.63, 3.8) is 0 Å². The predicted octanol–water partition coefficient (Wildman–Crippen LogP) is 5.97. The monoisotopic (exact) mass is 448 g/mol. The first-order chi connectivity index (χ1) is 15.1. The Balaban J connectivity index is 1.50. The first-order valence-corrected chi connectivity index (χ1v) is 11.7. The molecule has 2 aromatic carbocycles. The minimum atomic E-state index is -0.989. The highest BCUT2D eigenvalue weighted by molar-refractivity contribution is 7.22. The maximum Gasteiger partial charge on any atom is 0.355 e. The molecule has 2 heterocycles. The number of fused-ring (bicyclic) bond motifs is 2. The number of hydrazone groups is 1. The molecule has 5 rings (SSSR count). The number of carbonyl (C=O) groups is 1. The molecule has 4 aromatic rings. The van der Waals surface area contributed by atoms with Crippen LogP contribution in [0, 0.1) is 6.92 Å². The molecule has 31 heavy (non-hydrogen) atoms. The molecule has 1 aliphatic carbocycles. The molecule has 2 N–H and O–H groups in total. The summed E-state index contributed by atoms with van der Waals surface area (Å²) in [6.07, 6.45) is 4.08. The van der Waals surface area contributed by atoms with Crippen molar-refractivity contribution >= 4 is 49.7 Å². The Kier molecular flexibility index (Phi) is 5.25. The summed E-state index contributed by atoms with van der Waals surface area (Å²) in [6.45, 7) is 1.79. The van der Waals surface area contributed by atoms with Crippen LogP contribution >= 0.6 is 22.7 Å². The molecular weight excluding hydrogens is 428 g/mol. The van der Waals surface area contributed by atoms with E-state index in [1.165, 1.54) is 16.9 Å². The third-order valence-electron chi connectivity index (χ3n) is 5.36. The van der Waals surface area contributed by atoms with Crippen molar-refractivity contribution in [3.05, 3.63) is 64.2 Å². The number of rotatable bonds is 4. The number of anilines is 1.